The lowest BCUT2D eigenvalue weighted by molar-refractivity contribution is -0.116. The number of nitrogens with zero attached hydrogens (tertiary/aromatic N) is 7. The molecule has 1 saturated heterocycles. The van der Waals surface area contributed by atoms with Crippen LogP contribution >= 0.6 is 23.5 Å². The zero-order valence-electron chi connectivity index (χ0n) is 22.5. The fraction of sp³-hybridized carbons (Fsp3) is 0.393. The first-order valence-corrected chi connectivity index (χ1v) is 14.7. The third kappa shape index (κ3) is 6.16. The molecule has 0 radical (unpaired) electrons. The van der Waals surface area contributed by atoms with E-state index in [-0.39, 0.29) is 17.8 Å². The van der Waals surface area contributed by atoms with Crippen molar-refractivity contribution in [3.05, 3.63) is 59.8 Å². The van der Waals surface area contributed by atoms with Gasteiger partial charge in [0.2, 0.25) is 5.91 Å². The quantitative estimate of drug-likeness (QED) is 0.279. The van der Waals surface area contributed by atoms with Crippen LogP contribution in [0.25, 0.3) is 16.9 Å². The number of fused-ring (bicyclic) bond motifs is 1. The lowest BCUT2D eigenvalue weighted by Gasteiger charge is -2.30. The van der Waals surface area contributed by atoms with E-state index in [4.69, 9.17) is 21.0 Å². The summed E-state index contributed by atoms with van der Waals surface area (Å²) >= 11 is 7.60. The highest BCUT2D eigenvalue weighted by Gasteiger charge is 2.25. The molecule has 2 N–H and O–H groups in total. The highest BCUT2D eigenvalue weighted by Crippen LogP contribution is 2.30. The Morgan fingerprint density at radius 1 is 1.25 bits per heavy atom. The van der Waals surface area contributed by atoms with Gasteiger partial charge in [0, 0.05) is 53.9 Å². The molecule has 10 nitrogen and oxygen atoms in total. The number of hydrogen-bond donors (Lipinski definition) is 2. The van der Waals surface area contributed by atoms with Crippen LogP contribution in [0.15, 0.2) is 53.5 Å². The second-order valence-corrected chi connectivity index (χ2v) is 12.0. The highest BCUT2D eigenvalue weighted by molar-refractivity contribution is 7.99. The number of aryl methyl sites for hydroxylation is 1. The molecule has 1 fully saturated rings. The molecule has 0 aliphatic carbocycles. The van der Waals surface area contributed by atoms with E-state index in [1.165, 1.54) is 18.6 Å². The number of anilines is 2. The fourth-order valence-electron chi connectivity index (χ4n) is 5.35. The van der Waals surface area contributed by atoms with Crippen molar-refractivity contribution in [1.82, 2.24) is 29.0 Å². The van der Waals surface area contributed by atoms with Crippen LogP contribution in [0.3, 0.4) is 0 Å². The minimum atomic E-state index is -0.188. The van der Waals surface area contributed by atoms with Crippen molar-refractivity contribution in [1.29, 1.82) is 0 Å². The molecule has 40 heavy (non-hydrogen) atoms. The van der Waals surface area contributed by atoms with Crippen molar-refractivity contribution in [3.63, 3.8) is 0 Å². The Bertz CT molecular complexity index is 1560. The number of benzene rings is 1. The summed E-state index contributed by atoms with van der Waals surface area (Å²) in [5, 5.41) is 11.5. The van der Waals surface area contributed by atoms with Gasteiger partial charge in [0.05, 0.1) is 23.8 Å². The Hall–Kier alpha value is -3.41. The summed E-state index contributed by atoms with van der Waals surface area (Å²) in [5.74, 6) is 1.31. The van der Waals surface area contributed by atoms with Gasteiger partial charge in [-0.25, -0.2) is 14.4 Å². The Morgan fingerprint density at radius 2 is 2.15 bits per heavy atom. The average Bonchev–Trinajstić information content (AvgIpc) is 3.64. The van der Waals surface area contributed by atoms with Crippen molar-refractivity contribution in [2.24, 2.45) is 10.3 Å². The van der Waals surface area contributed by atoms with Crippen molar-refractivity contribution in [2.75, 3.05) is 30.3 Å². The van der Waals surface area contributed by atoms with Crippen molar-refractivity contribution in [3.8, 4) is 11.3 Å². The highest BCUT2D eigenvalue weighted by atomic mass is 35.5. The third-order valence-corrected chi connectivity index (χ3v) is 8.27. The number of aromatic nitrogens is 5. The number of amides is 1. The monoisotopic (exact) mass is 577 g/mol. The van der Waals surface area contributed by atoms with E-state index in [9.17, 15) is 4.79 Å². The molecular weight excluding hydrogens is 546 g/mol. The van der Waals surface area contributed by atoms with Gasteiger partial charge in [0.1, 0.15) is 11.9 Å². The van der Waals surface area contributed by atoms with Crippen molar-refractivity contribution in [2.45, 2.75) is 45.0 Å². The maximum atomic E-state index is 12.5. The van der Waals surface area contributed by atoms with Crippen LogP contribution < -0.4 is 10.6 Å². The van der Waals surface area contributed by atoms with Gasteiger partial charge in [-0.2, -0.15) is 5.10 Å². The minimum Gasteiger partial charge on any atom is -0.353 e. The second kappa shape index (κ2) is 11.6. The van der Waals surface area contributed by atoms with E-state index in [2.05, 4.69) is 32.5 Å². The van der Waals surface area contributed by atoms with Gasteiger partial charge in [0.15, 0.2) is 11.5 Å². The molecule has 4 aromatic rings. The van der Waals surface area contributed by atoms with E-state index in [1.54, 1.807) is 47.1 Å². The van der Waals surface area contributed by atoms with Crippen LogP contribution in [-0.4, -0.2) is 65.7 Å². The number of rotatable bonds is 8. The SMILES string of the molecule is Cc1cn2c(-c3cnn(CC(=O)Nc4cccc(Cl)c4)c3)cnc2c(NC2CC(CN3CCCC(C)C3)=NS2)n1. The van der Waals surface area contributed by atoms with Gasteiger partial charge in [-0.1, -0.05) is 24.6 Å². The molecule has 0 bridgehead atoms. The molecule has 2 unspecified atom stereocenters. The Kier molecular flexibility index (Phi) is 7.77. The molecule has 0 spiro atoms. The van der Waals surface area contributed by atoms with Crippen LogP contribution in [0.4, 0.5) is 11.5 Å². The molecule has 208 valence electrons. The lowest BCUT2D eigenvalue weighted by atomic mass is 10.00. The molecule has 12 heteroatoms. The predicted molar refractivity (Wildman–Crippen MR) is 161 cm³/mol. The number of piperidine rings is 1. The normalized spacial score (nSPS) is 19.6. The standard InChI is InChI=1S/C28H32ClN9OS/c1-18-5-4-8-36(13-18)16-23-10-26(40-35-23)34-27-28-30-12-24(38(28)14-19(2)32-27)20-11-31-37(15-20)17-25(39)33-22-7-3-6-21(29)9-22/h3,6-7,9,11-12,14-15,18,26H,4-5,8,10,13,16-17H2,1-2H3,(H,32,34)(H,33,39). The maximum absolute atomic E-state index is 12.5. The Morgan fingerprint density at radius 3 is 3.00 bits per heavy atom. The van der Waals surface area contributed by atoms with Crippen LogP contribution in [-0.2, 0) is 11.3 Å². The summed E-state index contributed by atoms with van der Waals surface area (Å²) in [6.07, 6.45) is 10.8. The molecule has 1 aromatic carbocycles. The molecule has 6 rings (SSSR count). The van der Waals surface area contributed by atoms with Gasteiger partial charge in [-0.05, 0) is 62.4 Å². The first-order valence-electron chi connectivity index (χ1n) is 13.5. The summed E-state index contributed by atoms with van der Waals surface area (Å²) in [5.41, 5.74) is 5.22. The Balaban J connectivity index is 1.12. The predicted octanol–water partition coefficient (Wildman–Crippen LogP) is 5.16. The average molecular weight is 578 g/mol. The van der Waals surface area contributed by atoms with Crippen LogP contribution in [0.1, 0.15) is 31.9 Å². The number of likely N-dealkylation sites (tertiary alicyclic amines) is 1. The lowest BCUT2D eigenvalue weighted by Crippen LogP contribution is -2.38. The molecule has 3 aromatic heterocycles. The second-order valence-electron chi connectivity index (χ2n) is 10.6. The molecule has 2 atom stereocenters. The fourth-order valence-corrected chi connectivity index (χ4v) is 6.38. The summed E-state index contributed by atoms with van der Waals surface area (Å²) in [7, 11) is 0. The number of imidazole rings is 1. The van der Waals surface area contributed by atoms with Crippen LogP contribution in [0.5, 0.6) is 0 Å². The Labute approximate surface area is 242 Å². The van der Waals surface area contributed by atoms with E-state index in [0.717, 1.165) is 60.4 Å². The number of carbonyl (C=O) groups is 1. The molecule has 0 saturated carbocycles. The summed E-state index contributed by atoms with van der Waals surface area (Å²) in [6, 6.07) is 7.06. The van der Waals surface area contributed by atoms with Crippen molar-refractivity contribution >= 4 is 52.3 Å². The maximum Gasteiger partial charge on any atom is 0.246 e. The first-order chi connectivity index (χ1) is 19.4. The van der Waals surface area contributed by atoms with E-state index in [0.29, 0.717) is 10.7 Å². The van der Waals surface area contributed by atoms with Gasteiger partial charge < -0.3 is 10.6 Å². The largest absolute Gasteiger partial charge is 0.353 e. The minimum absolute atomic E-state index is 0.0776. The van der Waals surface area contributed by atoms with E-state index < -0.39 is 0 Å². The van der Waals surface area contributed by atoms with E-state index >= 15 is 0 Å². The van der Waals surface area contributed by atoms with E-state index in [1.807, 2.05) is 29.9 Å². The summed E-state index contributed by atoms with van der Waals surface area (Å²) in [4.78, 5) is 24.5. The number of hydrogen-bond acceptors (Lipinski definition) is 8. The zero-order valence-corrected chi connectivity index (χ0v) is 24.1. The first kappa shape index (κ1) is 26.8. The summed E-state index contributed by atoms with van der Waals surface area (Å²) < 4.78 is 8.40. The molecule has 1 amide bonds. The number of nitrogens with one attached hydrogen (secondary N) is 2. The molecule has 2 aliphatic heterocycles. The van der Waals surface area contributed by atoms with Crippen LogP contribution in [0.2, 0.25) is 5.02 Å². The summed E-state index contributed by atoms with van der Waals surface area (Å²) in [6.45, 7) is 7.64. The van der Waals surface area contributed by atoms with Crippen molar-refractivity contribution < 1.29 is 4.79 Å². The van der Waals surface area contributed by atoms with Gasteiger partial charge in [-0.15, -0.1) is 0 Å². The topological polar surface area (TPSA) is 105 Å². The van der Waals surface area contributed by atoms with Gasteiger partial charge in [0.25, 0.3) is 0 Å². The molecular formula is C28H32ClN9OS. The number of halogens is 1. The molecule has 2 aliphatic rings. The smallest absolute Gasteiger partial charge is 0.246 e. The number of carbonyl (C=O) groups excluding carboxylic acids is 1. The van der Waals surface area contributed by atoms with Gasteiger partial charge in [-0.3, -0.25) is 18.8 Å². The van der Waals surface area contributed by atoms with Crippen LogP contribution in [0, 0.1) is 12.8 Å². The molecule has 5 heterocycles. The third-order valence-electron chi connectivity index (χ3n) is 7.13. The van der Waals surface area contributed by atoms with Gasteiger partial charge >= 0.3 is 0 Å². The zero-order chi connectivity index (χ0) is 27.6.